The van der Waals surface area contributed by atoms with Gasteiger partial charge in [-0.15, -0.1) is 0 Å². The van der Waals surface area contributed by atoms with Crippen LogP contribution in [-0.4, -0.2) is 37.4 Å². The van der Waals surface area contributed by atoms with Gasteiger partial charge >= 0.3 is 6.16 Å². The number of aryl methyl sites for hydroxylation is 1. The monoisotopic (exact) mass is 437 g/mol. The molecule has 0 unspecified atom stereocenters. The van der Waals surface area contributed by atoms with E-state index in [-0.39, 0.29) is 18.6 Å². The fraction of sp³-hybridized carbons (Fsp3) is 0.500. The van der Waals surface area contributed by atoms with Crippen molar-refractivity contribution in [3.05, 3.63) is 39.6 Å². The zero-order valence-electron chi connectivity index (χ0n) is 15.8. The highest BCUT2D eigenvalue weighted by Crippen LogP contribution is 2.44. The summed E-state index contributed by atoms with van der Waals surface area (Å²) >= 11 is 3.46. The lowest BCUT2D eigenvalue weighted by Gasteiger charge is -2.37. The molecule has 0 bridgehead atoms. The fourth-order valence-corrected chi connectivity index (χ4v) is 4.20. The van der Waals surface area contributed by atoms with Crippen molar-refractivity contribution in [2.75, 3.05) is 13.7 Å². The lowest BCUT2D eigenvalue weighted by Crippen LogP contribution is -2.49. The van der Waals surface area contributed by atoms with Crippen molar-refractivity contribution in [2.24, 2.45) is 0 Å². The van der Waals surface area contributed by atoms with Gasteiger partial charge in [-0.25, -0.2) is 4.79 Å². The van der Waals surface area contributed by atoms with E-state index < -0.39 is 11.7 Å². The van der Waals surface area contributed by atoms with Gasteiger partial charge in [-0.2, -0.15) is 0 Å². The summed E-state index contributed by atoms with van der Waals surface area (Å²) in [5, 5.41) is 3.09. The molecule has 1 N–H and O–H groups in total. The van der Waals surface area contributed by atoms with E-state index in [1.54, 1.807) is 14.0 Å². The van der Waals surface area contributed by atoms with Crippen LogP contribution >= 0.6 is 15.9 Å². The molecular weight excluding hydrogens is 414 g/mol. The second-order valence-corrected chi connectivity index (χ2v) is 7.84. The van der Waals surface area contributed by atoms with Crippen LogP contribution in [-0.2, 0) is 19.0 Å². The maximum absolute atomic E-state index is 13.0. The summed E-state index contributed by atoms with van der Waals surface area (Å²) in [5.41, 5.74) is 1.36. The Morgan fingerprint density at radius 3 is 2.67 bits per heavy atom. The Morgan fingerprint density at radius 1 is 1.33 bits per heavy atom. The molecular formula is C20H24BrNO5. The molecule has 0 atom stereocenters. The Hall–Kier alpha value is -1.86. The number of carbonyl (C=O) groups is 2. The minimum atomic E-state index is -0.789. The minimum Gasteiger partial charge on any atom is -0.434 e. The highest BCUT2D eigenvalue weighted by Gasteiger charge is 2.50. The van der Waals surface area contributed by atoms with Crippen LogP contribution in [0.15, 0.2) is 28.4 Å². The third-order valence-electron chi connectivity index (χ3n) is 5.28. The first kappa shape index (κ1) is 19.9. The number of benzene rings is 1. The first-order valence-corrected chi connectivity index (χ1v) is 9.90. The Bertz CT molecular complexity index is 781. The van der Waals surface area contributed by atoms with Crippen molar-refractivity contribution >= 4 is 33.6 Å². The zero-order valence-corrected chi connectivity index (χ0v) is 17.4. The van der Waals surface area contributed by atoms with Gasteiger partial charge in [0.25, 0.3) is 5.91 Å². The molecule has 0 aromatic heterocycles. The molecule has 146 valence electrons. The lowest BCUT2D eigenvalue weighted by molar-refractivity contribution is -0.116. The molecule has 27 heavy (non-hydrogen) atoms. The molecule has 1 spiro atoms. The molecule has 3 rings (SSSR count). The summed E-state index contributed by atoms with van der Waals surface area (Å²) in [6.07, 6.45) is 2.19. The SMILES string of the molecule is CCOC(=O)OC1=C(c2cc(Br)ccc2C)C(=O)N[C@]12CC[C@@H](OC)CC2. The zero-order chi connectivity index (χ0) is 19.6. The summed E-state index contributed by atoms with van der Waals surface area (Å²) in [6, 6.07) is 5.71. The first-order valence-electron chi connectivity index (χ1n) is 9.11. The highest BCUT2D eigenvalue weighted by atomic mass is 79.9. The van der Waals surface area contributed by atoms with Gasteiger partial charge in [-0.1, -0.05) is 22.0 Å². The van der Waals surface area contributed by atoms with Crippen LogP contribution in [0.25, 0.3) is 5.57 Å². The van der Waals surface area contributed by atoms with E-state index in [1.165, 1.54) is 0 Å². The number of rotatable bonds is 4. The highest BCUT2D eigenvalue weighted by molar-refractivity contribution is 9.10. The number of methoxy groups -OCH3 is 1. The van der Waals surface area contributed by atoms with E-state index in [0.717, 1.165) is 28.4 Å². The van der Waals surface area contributed by atoms with Gasteiger partial charge in [-0.05, 0) is 62.8 Å². The fourth-order valence-electron chi connectivity index (χ4n) is 3.84. The number of halogens is 1. The van der Waals surface area contributed by atoms with E-state index in [1.807, 2.05) is 25.1 Å². The van der Waals surface area contributed by atoms with Crippen LogP contribution in [0.3, 0.4) is 0 Å². The molecule has 1 amide bonds. The lowest BCUT2D eigenvalue weighted by atomic mass is 9.79. The molecule has 6 nitrogen and oxygen atoms in total. The topological polar surface area (TPSA) is 73.9 Å². The Labute approximate surface area is 167 Å². The summed E-state index contributed by atoms with van der Waals surface area (Å²) in [5.74, 6) is 0.132. The average Bonchev–Trinajstić information content (AvgIpc) is 2.89. The number of amides is 1. The molecule has 1 saturated carbocycles. The summed E-state index contributed by atoms with van der Waals surface area (Å²) in [7, 11) is 1.69. The van der Waals surface area contributed by atoms with Crippen LogP contribution in [0.2, 0.25) is 0 Å². The molecule has 0 saturated heterocycles. The summed E-state index contributed by atoms with van der Waals surface area (Å²) in [4.78, 5) is 25.1. The largest absolute Gasteiger partial charge is 0.513 e. The first-order chi connectivity index (χ1) is 12.9. The average molecular weight is 438 g/mol. The van der Waals surface area contributed by atoms with Crippen LogP contribution in [0.1, 0.15) is 43.7 Å². The second-order valence-electron chi connectivity index (χ2n) is 6.92. The van der Waals surface area contributed by atoms with Crippen molar-refractivity contribution in [3.63, 3.8) is 0 Å². The van der Waals surface area contributed by atoms with Gasteiger partial charge in [0.05, 0.1) is 23.8 Å². The molecule has 1 aromatic carbocycles. The van der Waals surface area contributed by atoms with Crippen LogP contribution in [0, 0.1) is 6.92 Å². The third-order valence-corrected chi connectivity index (χ3v) is 5.77. The number of ether oxygens (including phenoxy) is 3. The van der Waals surface area contributed by atoms with Gasteiger partial charge in [-0.3, -0.25) is 4.79 Å². The smallest absolute Gasteiger partial charge is 0.434 e. The molecule has 1 fully saturated rings. The molecule has 1 heterocycles. The standard InChI is InChI=1S/C20H24BrNO5/c1-4-26-19(24)27-17-16(15-11-13(21)6-5-12(15)2)18(23)22-20(17)9-7-14(25-3)8-10-20/h5-6,11,14H,4,7-10H2,1-3H3,(H,22,23)/t14-,20+. The predicted octanol–water partition coefficient (Wildman–Crippen LogP) is 4.10. The van der Waals surface area contributed by atoms with E-state index in [4.69, 9.17) is 14.2 Å². The van der Waals surface area contributed by atoms with Gasteiger partial charge < -0.3 is 19.5 Å². The number of hydrogen-bond acceptors (Lipinski definition) is 5. The quantitative estimate of drug-likeness (QED) is 0.717. The number of hydrogen-bond donors (Lipinski definition) is 1. The number of carbonyl (C=O) groups excluding carboxylic acids is 2. The van der Waals surface area contributed by atoms with Crippen molar-refractivity contribution in [1.82, 2.24) is 5.32 Å². The van der Waals surface area contributed by atoms with Crippen molar-refractivity contribution in [1.29, 1.82) is 0 Å². The Morgan fingerprint density at radius 2 is 2.04 bits per heavy atom. The second kappa shape index (κ2) is 8.02. The van der Waals surface area contributed by atoms with Crippen LogP contribution < -0.4 is 5.32 Å². The van der Waals surface area contributed by atoms with Crippen molar-refractivity contribution in [3.8, 4) is 0 Å². The normalized spacial score (nSPS) is 24.9. The van der Waals surface area contributed by atoms with E-state index in [9.17, 15) is 9.59 Å². The maximum Gasteiger partial charge on any atom is 0.513 e. The molecule has 2 aliphatic rings. The predicted molar refractivity (Wildman–Crippen MR) is 104 cm³/mol. The summed E-state index contributed by atoms with van der Waals surface area (Å²) in [6.45, 7) is 3.85. The van der Waals surface area contributed by atoms with E-state index in [0.29, 0.717) is 24.2 Å². The van der Waals surface area contributed by atoms with E-state index >= 15 is 0 Å². The maximum atomic E-state index is 13.0. The third kappa shape index (κ3) is 3.89. The Kier molecular flexibility index (Phi) is 5.91. The molecule has 1 aliphatic heterocycles. The van der Waals surface area contributed by atoms with Gasteiger partial charge in [0.15, 0.2) is 0 Å². The van der Waals surface area contributed by atoms with Crippen LogP contribution in [0.4, 0.5) is 4.79 Å². The van der Waals surface area contributed by atoms with Crippen molar-refractivity contribution < 1.29 is 23.8 Å². The van der Waals surface area contributed by atoms with Crippen molar-refractivity contribution in [2.45, 2.75) is 51.2 Å². The molecule has 1 aromatic rings. The Balaban J connectivity index is 2.08. The molecule has 7 heteroatoms. The van der Waals surface area contributed by atoms with Gasteiger partial charge in [0, 0.05) is 11.6 Å². The minimum absolute atomic E-state index is 0.146. The molecule has 0 radical (unpaired) electrons. The van der Waals surface area contributed by atoms with Gasteiger partial charge in [0.1, 0.15) is 5.76 Å². The van der Waals surface area contributed by atoms with Crippen LogP contribution in [0.5, 0.6) is 0 Å². The molecule has 1 aliphatic carbocycles. The number of nitrogens with one attached hydrogen (secondary N) is 1. The summed E-state index contributed by atoms with van der Waals surface area (Å²) < 4.78 is 16.9. The van der Waals surface area contributed by atoms with Gasteiger partial charge in [0.2, 0.25) is 0 Å². The van der Waals surface area contributed by atoms with E-state index in [2.05, 4.69) is 21.2 Å².